The van der Waals surface area contributed by atoms with E-state index in [4.69, 9.17) is 0 Å². The van der Waals surface area contributed by atoms with Crippen LogP contribution in [0.1, 0.15) is 16.7 Å². The maximum absolute atomic E-state index is 12.2. The van der Waals surface area contributed by atoms with E-state index < -0.39 is 9.84 Å². The minimum Gasteiger partial charge on any atom is -0.618 e. The van der Waals surface area contributed by atoms with E-state index in [0.29, 0.717) is 4.73 Å². The maximum Gasteiger partial charge on any atom is 0.308 e. The van der Waals surface area contributed by atoms with E-state index in [1.54, 1.807) is 12.1 Å². The normalized spacial score (nSPS) is 11.5. The molecule has 0 aliphatic rings. The van der Waals surface area contributed by atoms with Crippen LogP contribution >= 0.6 is 0 Å². The van der Waals surface area contributed by atoms with Gasteiger partial charge in [0.15, 0.2) is 6.20 Å². The van der Waals surface area contributed by atoms with Crippen LogP contribution in [-0.2, 0) is 15.6 Å². The summed E-state index contributed by atoms with van der Waals surface area (Å²) in [5, 5.41) is 11.3. The van der Waals surface area contributed by atoms with E-state index in [-0.39, 0.29) is 10.8 Å². The lowest BCUT2D eigenvalue weighted by Gasteiger charge is -2.08. The molecular formula is C14H15NO3S. The molecule has 2 rings (SSSR count). The lowest BCUT2D eigenvalue weighted by atomic mass is 10.1. The molecule has 0 aliphatic heterocycles. The van der Waals surface area contributed by atoms with Gasteiger partial charge in [0.2, 0.25) is 9.84 Å². The Labute approximate surface area is 112 Å². The van der Waals surface area contributed by atoms with E-state index in [9.17, 15) is 13.6 Å². The molecule has 19 heavy (non-hydrogen) atoms. The van der Waals surface area contributed by atoms with Gasteiger partial charge in [0.25, 0.3) is 0 Å². The van der Waals surface area contributed by atoms with E-state index in [1.807, 2.05) is 26.0 Å². The highest BCUT2D eigenvalue weighted by molar-refractivity contribution is 7.90. The van der Waals surface area contributed by atoms with Crippen LogP contribution in [0.3, 0.4) is 0 Å². The van der Waals surface area contributed by atoms with Crippen LogP contribution in [0.15, 0.2) is 47.6 Å². The fourth-order valence-electron chi connectivity index (χ4n) is 1.94. The minimum atomic E-state index is -3.63. The number of aromatic nitrogens is 1. The molecule has 0 aliphatic carbocycles. The zero-order valence-electron chi connectivity index (χ0n) is 10.8. The van der Waals surface area contributed by atoms with E-state index in [2.05, 4.69) is 0 Å². The van der Waals surface area contributed by atoms with Gasteiger partial charge in [0.1, 0.15) is 0 Å². The molecule has 0 unspecified atom stereocenters. The summed E-state index contributed by atoms with van der Waals surface area (Å²) < 4.78 is 24.9. The molecule has 0 spiro atoms. The highest BCUT2D eigenvalue weighted by Crippen LogP contribution is 2.17. The fraction of sp³-hybridized carbons (Fsp3) is 0.214. The molecule has 5 heteroatoms. The second-order valence-electron chi connectivity index (χ2n) is 4.55. The molecule has 0 radical (unpaired) electrons. The quantitative estimate of drug-likeness (QED) is 0.636. The second kappa shape index (κ2) is 5.01. The van der Waals surface area contributed by atoms with Gasteiger partial charge in [0, 0.05) is 12.1 Å². The van der Waals surface area contributed by atoms with Crippen molar-refractivity contribution in [3.63, 3.8) is 0 Å². The van der Waals surface area contributed by atoms with Crippen LogP contribution in [0.4, 0.5) is 0 Å². The van der Waals surface area contributed by atoms with Crippen molar-refractivity contribution in [1.82, 2.24) is 0 Å². The fourth-order valence-corrected chi connectivity index (χ4v) is 3.44. The summed E-state index contributed by atoms with van der Waals surface area (Å²) in [6.45, 7) is 3.82. The summed E-state index contributed by atoms with van der Waals surface area (Å²) in [7, 11) is -3.63. The van der Waals surface area contributed by atoms with Gasteiger partial charge in [0.05, 0.1) is 5.75 Å². The predicted molar refractivity (Wildman–Crippen MR) is 72.2 cm³/mol. The van der Waals surface area contributed by atoms with Crippen molar-refractivity contribution in [2.75, 3.05) is 0 Å². The Balaban J connectivity index is 2.40. The molecule has 0 fully saturated rings. The van der Waals surface area contributed by atoms with Gasteiger partial charge < -0.3 is 5.21 Å². The number of rotatable bonds is 3. The zero-order chi connectivity index (χ0) is 14.0. The monoisotopic (exact) mass is 277 g/mol. The van der Waals surface area contributed by atoms with Gasteiger partial charge in [-0.1, -0.05) is 23.8 Å². The lowest BCUT2D eigenvalue weighted by molar-refractivity contribution is -0.646. The first-order chi connectivity index (χ1) is 8.90. The van der Waals surface area contributed by atoms with Crippen molar-refractivity contribution in [2.45, 2.75) is 24.6 Å². The summed E-state index contributed by atoms with van der Waals surface area (Å²) in [6, 6.07) is 9.97. The Morgan fingerprint density at radius 1 is 1.16 bits per heavy atom. The van der Waals surface area contributed by atoms with Gasteiger partial charge in [-0.2, -0.15) is 4.73 Å². The number of nitrogens with zero attached hydrogens (tertiary/aromatic N) is 1. The summed E-state index contributed by atoms with van der Waals surface area (Å²) >= 11 is 0. The molecule has 4 nitrogen and oxygen atoms in total. The third-order valence-corrected chi connectivity index (χ3v) is 4.60. The smallest absolute Gasteiger partial charge is 0.308 e. The highest BCUT2D eigenvalue weighted by Gasteiger charge is 2.24. The van der Waals surface area contributed by atoms with Crippen LogP contribution in [0, 0.1) is 19.1 Å². The van der Waals surface area contributed by atoms with E-state index >= 15 is 0 Å². The van der Waals surface area contributed by atoms with Crippen LogP contribution < -0.4 is 4.73 Å². The van der Waals surface area contributed by atoms with Crippen molar-refractivity contribution >= 4 is 9.84 Å². The predicted octanol–water partition coefficient (Wildman–Crippen LogP) is 1.91. The van der Waals surface area contributed by atoms with Gasteiger partial charge in [-0.05, 0) is 31.0 Å². The Kier molecular flexibility index (Phi) is 3.57. The molecule has 0 amide bonds. The Hall–Kier alpha value is -1.88. The topological polar surface area (TPSA) is 61.1 Å². The third kappa shape index (κ3) is 2.93. The first kappa shape index (κ1) is 13.5. The largest absolute Gasteiger partial charge is 0.618 e. The van der Waals surface area contributed by atoms with Gasteiger partial charge in [-0.15, -0.1) is 0 Å². The lowest BCUT2D eigenvalue weighted by Crippen LogP contribution is -2.33. The van der Waals surface area contributed by atoms with Crippen molar-refractivity contribution in [3.05, 3.63) is 64.5 Å². The number of sulfone groups is 1. The van der Waals surface area contributed by atoms with Crippen LogP contribution in [0.25, 0.3) is 0 Å². The zero-order valence-corrected chi connectivity index (χ0v) is 11.6. The summed E-state index contributed by atoms with van der Waals surface area (Å²) in [5.74, 6) is -0.161. The molecular weight excluding hydrogens is 262 g/mol. The molecule has 1 aromatic heterocycles. The Bertz CT molecular complexity index is 708. The number of hydrogen-bond acceptors (Lipinski definition) is 3. The van der Waals surface area contributed by atoms with Crippen molar-refractivity contribution in [2.24, 2.45) is 0 Å². The SMILES string of the molecule is Cc1ccc(CS(=O)(=O)c2cccc[n+]2[O-])c(C)c1. The number of benzene rings is 1. The summed E-state index contributed by atoms with van der Waals surface area (Å²) in [5.41, 5.74) is 2.71. The third-order valence-electron chi connectivity index (χ3n) is 2.95. The van der Waals surface area contributed by atoms with E-state index in [1.165, 1.54) is 18.3 Å². The van der Waals surface area contributed by atoms with Crippen molar-refractivity contribution in [3.8, 4) is 0 Å². The summed E-state index contributed by atoms with van der Waals surface area (Å²) in [4.78, 5) is 0. The van der Waals surface area contributed by atoms with Crippen LogP contribution in [0.5, 0.6) is 0 Å². The molecule has 0 atom stereocenters. The number of aryl methyl sites for hydroxylation is 2. The Morgan fingerprint density at radius 2 is 1.89 bits per heavy atom. The standard InChI is InChI=1S/C14H15NO3S/c1-11-6-7-13(12(2)9-11)10-19(17,18)14-5-3-4-8-15(14)16/h3-9H,10H2,1-2H3. The minimum absolute atomic E-state index is 0.161. The first-order valence-electron chi connectivity index (χ1n) is 5.87. The Morgan fingerprint density at radius 3 is 2.53 bits per heavy atom. The van der Waals surface area contributed by atoms with Crippen LogP contribution in [-0.4, -0.2) is 8.42 Å². The summed E-state index contributed by atoms with van der Waals surface area (Å²) in [6.07, 6.45) is 1.19. The number of hydrogen-bond donors (Lipinski definition) is 0. The molecule has 0 bridgehead atoms. The van der Waals surface area contributed by atoms with Crippen molar-refractivity contribution in [1.29, 1.82) is 0 Å². The second-order valence-corrected chi connectivity index (χ2v) is 6.49. The molecule has 1 heterocycles. The molecule has 0 saturated heterocycles. The number of pyridine rings is 1. The first-order valence-corrected chi connectivity index (χ1v) is 7.52. The van der Waals surface area contributed by atoms with Gasteiger partial charge >= 0.3 is 5.03 Å². The average molecular weight is 277 g/mol. The maximum atomic E-state index is 12.2. The molecule has 1 aromatic carbocycles. The van der Waals surface area contributed by atoms with Gasteiger partial charge in [-0.25, -0.2) is 8.42 Å². The van der Waals surface area contributed by atoms with Crippen LogP contribution in [0.2, 0.25) is 0 Å². The molecule has 0 saturated carbocycles. The molecule has 2 aromatic rings. The van der Waals surface area contributed by atoms with Gasteiger partial charge in [-0.3, -0.25) is 0 Å². The molecule has 100 valence electrons. The van der Waals surface area contributed by atoms with Crippen molar-refractivity contribution < 1.29 is 13.1 Å². The highest BCUT2D eigenvalue weighted by atomic mass is 32.2. The molecule has 0 N–H and O–H groups in total. The van der Waals surface area contributed by atoms with E-state index in [0.717, 1.165) is 16.7 Å². The average Bonchev–Trinajstić information content (AvgIpc) is 2.33.